The molecule has 0 radical (unpaired) electrons. The fourth-order valence-corrected chi connectivity index (χ4v) is 4.72. The van der Waals surface area contributed by atoms with Crippen LogP contribution in [0, 0.1) is 15.9 Å². The van der Waals surface area contributed by atoms with Gasteiger partial charge in [0.25, 0.3) is 11.2 Å². The number of benzene rings is 2. The highest BCUT2D eigenvalue weighted by Gasteiger charge is 2.33. The van der Waals surface area contributed by atoms with Gasteiger partial charge in [-0.1, -0.05) is 35.6 Å². The molecule has 3 aromatic rings. The van der Waals surface area contributed by atoms with Crippen molar-refractivity contribution >= 4 is 35.1 Å². The molecule has 0 aliphatic carbocycles. The smallest absolute Gasteiger partial charge is 0.338 e. The van der Waals surface area contributed by atoms with E-state index in [4.69, 9.17) is 4.74 Å². The molecule has 0 bridgehead atoms. The highest BCUT2D eigenvalue weighted by molar-refractivity contribution is 7.07. The van der Waals surface area contributed by atoms with Crippen molar-refractivity contribution in [3.05, 3.63) is 113 Å². The molecule has 0 fully saturated rings. The molecule has 10 heteroatoms. The number of ether oxygens (including phenoxy) is 1. The van der Waals surface area contributed by atoms with Crippen LogP contribution < -0.4 is 14.9 Å². The van der Waals surface area contributed by atoms with Gasteiger partial charge in [0.15, 0.2) is 4.80 Å². The van der Waals surface area contributed by atoms with Crippen LogP contribution in [0.3, 0.4) is 0 Å². The first-order valence-electron chi connectivity index (χ1n) is 10.7. The summed E-state index contributed by atoms with van der Waals surface area (Å²) in [6.45, 7) is 3.52. The zero-order valence-electron chi connectivity index (χ0n) is 18.8. The summed E-state index contributed by atoms with van der Waals surface area (Å²) in [7, 11) is 0. The van der Waals surface area contributed by atoms with E-state index in [0.717, 1.165) is 16.9 Å². The zero-order chi connectivity index (χ0) is 25.1. The maximum atomic E-state index is 13.6. The van der Waals surface area contributed by atoms with Gasteiger partial charge in [-0.25, -0.2) is 14.2 Å². The Hall–Kier alpha value is -4.18. The number of carbonyl (C=O) groups is 1. The second-order valence-electron chi connectivity index (χ2n) is 7.58. The van der Waals surface area contributed by atoms with Gasteiger partial charge in [-0.15, -0.1) is 0 Å². The Bertz CT molecular complexity index is 1530. The molecule has 4 rings (SSSR count). The van der Waals surface area contributed by atoms with E-state index >= 15 is 0 Å². The van der Waals surface area contributed by atoms with E-state index in [9.17, 15) is 24.1 Å². The van der Waals surface area contributed by atoms with E-state index in [0.29, 0.717) is 20.6 Å². The second-order valence-corrected chi connectivity index (χ2v) is 8.59. The van der Waals surface area contributed by atoms with Crippen molar-refractivity contribution in [1.29, 1.82) is 0 Å². The lowest BCUT2D eigenvalue weighted by molar-refractivity contribution is -0.384. The number of nitro groups is 1. The van der Waals surface area contributed by atoms with Crippen LogP contribution in [0.5, 0.6) is 0 Å². The van der Waals surface area contributed by atoms with E-state index < -0.39 is 22.8 Å². The van der Waals surface area contributed by atoms with E-state index in [2.05, 4.69) is 4.99 Å². The topological polar surface area (TPSA) is 104 Å². The summed E-state index contributed by atoms with van der Waals surface area (Å²) in [6.07, 6.45) is 5.00. The van der Waals surface area contributed by atoms with Gasteiger partial charge in [-0.05, 0) is 55.3 Å². The number of thiazole rings is 1. The van der Waals surface area contributed by atoms with Crippen LogP contribution >= 0.6 is 11.3 Å². The summed E-state index contributed by atoms with van der Waals surface area (Å²) in [5.74, 6) is -1.02. The zero-order valence-corrected chi connectivity index (χ0v) is 19.6. The molecule has 0 N–H and O–H groups in total. The summed E-state index contributed by atoms with van der Waals surface area (Å²) < 4.78 is 20.6. The minimum atomic E-state index is -0.813. The number of fused-ring (bicyclic) bond motifs is 1. The summed E-state index contributed by atoms with van der Waals surface area (Å²) >= 11 is 1.16. The molecule has 0 saturated heterocycles. The Balaban J connectivity index is 1.79. The molecule has 2 heterocycles. The van der Waals surface area contributed by atoms with Gasteiger partial charge in [0.2, 0.25) is 0 Å². The quantitative estimate of drug-likeness (QED) is 0.297. The highest BCUT2D eigenvalue weighted by atomic mass is 32.1. The lowest BCUT2D eigenvalue weighted by atomic mass is 9.96. The number of hydrogen-bond donors (Lipinski definition) is 0. The van der Waals surface area contributed by atoms with E-state index in [-0.39, 0.29) is 23.4 Å². The second kappa shape index (κ2) is 9.98. The van der Waals surface area contributed by atoms with Gasteiger partial charge in [0.05, 0.1) is 33.4 Å². The first-order valence-corrected chi connectivity index (χ1v) is 11.5. The molecule has 178 valence electrons. The van der Waals surface area contributed by atoms with Crippen LogP contribution in [0.2, 0.25) is 0 Å². The summed E-state index contributed by atoms with van der Waals surface area (Å²) in [5.41, 5.74) is 1.56. The monoisotopic (exact) mass is 493 g/mol. The number of rotatable bonds is 6. The fraction of sp³-hybridized carbons (Fsp3) is 0.160. The number of esters is 1. The van der Waals surface area contributed by atoms with Gasteiger partial charge in [0, 0.05) is 12.1 Å². The number of nitro benzene ring substituents is 1. The molecule has 1 aliphatic rings. The Morgan fingerprint density at radius 3 is 2.54 bits per heavy atom. The van der Waals surface area contributed by atoms with E-state index in [1.54, 1.807) is 44.2 Å². The average Bonchev–Trinajstić information content (AvgIpc) is 3.14. The van der Waals surface area contributed by atoms with Crippen LogP contribution in [0.1, 0.15) is 31.0 Å². The van der Waals surface area contributed by atoms with Crippen LogP contribution in [-0.4, -0.2) is 22.1 Å². The summed E-state index contributed by atoms with van der Waals surface area (Å²) in [4.78, 5) is 41.4. The molecule has 1 aliphatic heterocycles. The molecular formula is C25H20FN3O5S. The molecule has 8 nitrogen and oxygen atoms in total. The molecule has 0 unspecified atom stereocenters. The van der Waals surface area contributed by atoms with Crippen LogP contribution in [0.15, 0.2) is 75.7 Å². The van der Waals surface area contributed by atoms with Crippen molar-refractivity contribution in [2.24, 2.45) is 4.99 Å². The number of non-ortho nitro benzene ring substituents is 1. The van der Waals surface area contributed by atoms with Gasteiger partial charge in [-0.2, -0.15) is 0 Å². The Labute approximate surface area is 202 Å². The van der Waals surface area contributed by atoms with Crippen molar-refractivity contribution in [3.8, 4) is 0 Å². The first kappa shape index (κ1) is 24.0. The number of halogens is 1. The molecule has 0 saturated carbocycles. The van der Waals surface area contributed by atoms with E-state index in [1.807, 2.05) is 0 Å². The SMILES string of the molecule is CCOC(=O)C1=C(C)N=c2s/c(=C/C=C/c3ccc([N+](=O)[O-])cc3)c(=O)n2[C@@H]1c1ccc(F)cc1. The number of aromatic nitrogens is 1. The van der Waals surface area contributed by atoms with Crippen LogP contribution in [0.4, 0.5) is 10.1 Å². The van der Waals surface area contributed by atoms with Gasteiger partial charge >= 0.3 is 5.97 Å². The van der Waals surface area contributed by atoms with Crippen molar-refractivity contribution in [2.45, 2.75) is 19.9 Å². The predicted octanol–water partition coefficient (Wildman–Crippen LogP) is 3.51. The van der Waals surface area contributed by atoms with Gasteiger partial charge in [-0.3, -0.25) is 19.5 Å². The van der Waals surface area contributed by atoms with Gasteiger partial charge in [0.1, 0.15) is 5.82 Å². The third-order valence-electron chi connectivity index (χ3n) is 5.34. The Morgan fingerprint density at radius 1 is 1.23 bits per heavy atom. The van der Waals surface area contributed by atoms with Crippen molar-refractivity contribution < 1.29 is 18.8 Å². The maximum absolute atomic E-state index is 13.6. The molecule has 0 amide bonds. The lowest BCUT2D eigenvalue weighted by Gasteiger charge is -2.24. The maximum Gasteiger partial charge on any atom is 0.338 e. The fourth-order valence-electron chi connectivity index (χ4n) is 3.72. The predicted molar refractivity (Wildman–Crippen MR) is 130 cm³/mol. The molecule has 0 spiro atoms. The van der Waals surface area contributed by atoms with Crippen molar-refractivity contribution in [3.63, 3.8) is 0 Å². The molecule has 1 aromatic heterocycles. The number of carbonyl (C=O) groups excluding carboxylic acids is 1. The molecule has 2 aromatic carbocycles. The summed E-state index contributed by atoms with van der Waals surface area (Å²) in [6, 6.07) is 10.8. The van der Waals surface area contributed by atoms with Crippen molar-refractivity contribution in [1.82, 2.24) is 4.57 Å². The van der Waals surface area contributed by atoms with E-state index in [1.165, 1.54) is 41.0 Å². The Kier molecular flexibility index (Phi) is 6.83. The number of hydrogen-bond acceptors (Lipinski definition) is 7. The third-order valence-corrected chi connectivity index (χ3v) is 6.34. The van der Waals surface area contributed by atoms with Crippen molar-refractivity contribution in [2.75, 3.05) is 6.61 Å². The molecule has 35 heavy (non-hydrogen) atoms. The van der Waals surface area contributed by atoms with Crippen LogP contribution in [-0.2, 0) is 9.53 Å². The Morgan fingerprint density at radius 2 is 1.91 bits per heavy atom. The average molecular weight is 494 g/mol. The normalized spacial score (nSPS) is 15.7. The number of nitrogens with zero attached hydrogens (tertiary/aromatic N) is 3. The largest absolute Gasteiger partial charge is 0.463 e. The van der Waals surface area contributed by atoms with Crippen LogP contribution in [0.25, 0.3) is 12.2 Å². The minimum absolute atomic E-state index is 0.0102. The minimum Gasteiger partial charge on any atom is -0.463 e. The standard InChI is InChI=1S/C25H20FN3O5S/c1-3-34-24(31)21-15(2)27-25-28(22(21)17-9-11-18(26)12-10-17)23(30)20(35-25)6-4-5-16-7-13-19(14-8-16)29(32)33/h4-14,22H,3H2,1-2H3/b5-4+,20-6+/t22-/m1/s1. The van der Waals surface area contributed by atoms with Gasteiger partial charge < -0.3 is 4.74 Å². The highest BCUT2D eigenvalue weighted by Crippen LogP contribution is 2.30. The summed E-state index contributed by atoms with van der Waals surface area (Å²) in [5, 5.41) is 10.8. The third kappa shape index (κ3) is 4.87. The molecular weight excluding hydrogens is 473 g/mol. The first-order chi connectivity index (χ1) is 16.8. The lowest BCUT2D eigenvalue weighted by Crippen LogP contribution is -2.39. The number of allylic oxidation sites excluding steroid dienone is 2. The molecule has 1 atom stereocenters.